The van der Waals surface area contributed by atoms with Crippen molar-refractivity contribution in [1.29, 1.82) is 0 Å². The zero-order chi connectivity index (χ0) is 17.9. The van der Waals surface area contributed by atoms with Crippen molar-refractivity contribution in [1.82, 2.24) is 4.31 Å². The lowest BCUT2D eigenvalue weighted by molar-refractivity contribution is 0.1000. The number of sulfonamides is 1. The van der Waals surface area contributed by atoms with Crippen LogP contribution >= 0.6 is 11.6 Å². The molecule has 2 aromatic carbocycles. The summed E-state index contributed by atoms with van der Waals surface area (Å²) in [6, 6.07) is 10.8. The SMILES string of the molecule is COc1cc(Cl)ccc1S(=O)(=O)N(C)Cc1ccc(C(N)=O)cc1. The summed E-state index contributed by atoms with van der Waals surface area (Å²) in [5, 5.41) is 0.385. The summed E-state index contributed by atoms with van der Waals surface area (Å²) in [5.41, 5.74) is 6.27. The van der Waals surface area contributed by atoms with Gasteiger partial charge in [0.1, 0.15) is 10.6 Å². The molecule has 0 heterocycles. The van der Waals surface area contributed by atoms with Crippen molar-refractivity contribution in [3.63, 3.8) is 0 Å². The molecule has 0 aliphatic heterocycles. The first kappa shape index (κ1) is 18.3. The molecule has 0 saturated carbocycles. The molecule has 0 atom stereocenters. The lowest BCUT2D eigenvalue weighted by atomic mass is 10.1. The second kappa shape index (κ2) is 7.21. The molecule has 2 aromatic rings. The number of nitrogens with zero attached hydrogens (tertiary/aromatic N) is 1. The van der Waals surface area contributed by atoms with Gasteiger partial charge in [-0.15, -0.1) is 0 Å². The number of ether oxygens (including phenoxy) is 1. The Hall–Kier alpha value is -2.09. The van der Waals surface area contributed by atoms with E-state index in [-0.39, 0.29) is 17.2 Å². The monoisotopic (exact) mass is 368 g/mol. The number of nitrogens with two attached hydrogens (primary N) is 1. The minimum Gasteiger partial charge on any atom is -0.495 e. The molecule has 0 aliphatic rings. The highest BCUT2D eigenvalue weighted by Gasteiger charge is 2.25. The fourth-order valence-corrected chi connectivity index (χ4v) is 3.59. The summed E-state index contributed by atoms with van der Waals surface area (Å²) < 4.78 is 31.8. The number of halogens is 1. The summed E-state index contributed by atoms with van der Waals surface area (Å²) in [7, 11) is -0.919. The van der Waals surface area contributed by atoms with E-state index < -0.39 is 15.9 Å². The first-order valence-corrected chi connectivity index (χ1v) is 8.76. The summed E-state index contributed by atoms with van der Waals surface area (Å²) in [6.07, 6.45) is 0. The van der Waals surface area contributed by atoms with Crippen LogP contribution in [-0.4, -0.2) is 32.8 Å². The number of hydrogen-bond donors (Lipinski definition) is 1. The van der Waals surface area contributed by atoms with Crippen molar-refractivity contribution in [2.45, 2.75) is 11.4 Å². The van der Waals surface area contributed by atoms with E-state index in [1.807, 2.05) is 0 Å². The molecule has 2 rings (SSSR count). The first-order valence-electron chi connectivity index (χ1n) is 6.94. The van der Waals surface area contributed by atoms with E-state index in [1.165, 1.54) is 36.7 Å². The van der Waals surface area contributed by atoms with E-state index in [2.05, 4.69) is 0 Å². The third-order valence-electron chi connectivity index (χ3n) is 3.46. The number of primary amides is 1. The number of amides is 1. The molecule has 24 heavy (non-hydrogen) atoms. The first-order chi connectivity index (χ1) is 11.3. The number of carbonyl (C=O) groups excluding carboxylic acids is 1. The van der Waals surface area contributed by atoms with Crippen molar-refractivity contribution < 1.29 is 17.9 Å². The Balaban J connectivity index is 2.27. The average molecular weight is 369 g/mol. The van der Waals surface area contributed by atoms with Gasteiger partial charge in [-0.2, -0.15) is 4.31 Å². The van der Waals surface area contributed by atoms with Gasteiger partial charge in [-0.25, -0.2) is 8.42 Å². The highest BCUT2D eigenvalue weighted by Crippen LogP contribution is 2.29. The zero-order valence-corrected chi connectivity index (χ0v) is 14.8. The van der Waals surface area contributed by atoms with Crippen LogP contribution in [0.15, 0.2) is 47.4 Å². The topological polar surface area (TPSA) is 89.7 Å². The maximum absolute atomic E-state index is 12.7. The normalized spacial score (nSPS) is 11.5. The van der Waals surface area contributed by atoms with Gasteiger partial charge in [-0.1, -0.05) is 23.7 Å². The molecule has 0 unspecified atom stereocenters. The molecule has 6 nitrogen and oxygen atoms in total. The number of rotatable bonds is 6. The summed E-state index contributed by atoms with van der Waals surface area (Å²) in [6.45, 7) is 0.132. The fraction of sp³-hybridized carbons (Fsp3) is 0.188. The van der Waals surface area contributed by atoms with Crippen LogP contribution in [-0.2, 0) is 16.6 Å². The van der Waals surface area contributed by atoms with Crippen LogP contribution < -0.4 is 10.5 Å². The Labute approximate surface area is 145 Å². The number of benzene rings is 2. The van der Waals surface area contributed by atoms with Gasteiger partial charge in [0.2, 0.25) is 15.9 Å². The molecule has 8 heteroatoms. The maximum atomic E-state index is 12.7. The Morgan fingerprint density at radius 1 is 1.21 bits per heavy atom. The predicted molar refractivity (Wildman–Crippen MR) is 91.6 cm³/mol. The smallest absolute Gasteiger partial charge is 0.248 e. The molecular weight excluding hydrogens is 352 g/mol. The lowest BCUT2D eigenvalue weighted by Crippen LogP contribution is -2.27. The van der Waals surface area contributed by atoms with Gasteiger partial charge < -0.3 is 10.5 Å². The van der Waals surface area contributed by atoms with E-state index >= 15 is 0 Å². The fourth-order valence-electron chi connectivity index (χ4n) is 2.14. The Morgan fingerprint density at radius 3 is 2.38 bits per heavy atom. The second-order valence-electron chi connectivity index (χ2n) is 5.12. The number of hydrogen-bond acceptors (Lipinski definition) is 4. The van der Waals surface area contributed by atoms with Crippen LogP contribution in [0.1, 0.15) is 15.9 Å². The molecule has 0 fully saturated rings. The summed E-state index contributed by atoms with van der Waals surface area (Å²) in [4.78, 5) is 11.1. The molecule has 0 bridgehead atoms. The van der Waals surface area contributed by atoms with Crippen LogP contribution in [0.4, 0.5) is 0 Å². The molecule has 0 radical (unpaired) electrons. The largest absolute Gasteiger partial charge is 0.495 e. The predicted octanol–water partition coefficient (Wildman–Crippen LogP) is 2.27. The molecule has 0 aromatic heterocycles. The van der Waals surface area contributed by atoms with E-state index in [0.29, 0.717) is 10.6 Å². The van der Waals surface area contributed by atoms with Crippen molar-refractivity contribution in [3.05, 3.63) is 58.6 Å². The van der Waals surface area contributed by atoms with E-state index in [4.69, 9.17) is 22.1 Å². The van der Waals surface area contributed by atoms with Gasteiger partial charge >= 0.3 is 0 Å². The standard InChI is InChI=1S/C16H17ClN2O4S/c1-19(10-11-3-5-12(6-4-11)16(18)20)24(21,22)15-8-7-13(17)9-14(15)23-2/h3-9H,10H2,1-2H3,(H2,18,20). The van der Waals surface area contributed by atoms with Crippen molar-refractivity contribution >= 4 is 27.5 Å². The second-order valence-corrected chi connectivity index (χ2v) is 7.57. The van der Waals surface area contributed by atoms with Gasteiger partial charge in [-0.3, -0.25) is 4.79 Å². The van der Waals surface area contributed by atoms with Gasteiger partial charge in [0, 0.05) is 30.2 Å². The Kier molecular flexibility index (Phi) is 5.48. The molecule has 128 valence electrons. The van der Waals surface area contributed by atoms with E-state index in [0.717, 1.165) is 5.56 Å². The Morgan fingerprint density at radius 2 is 1.83 bits per heavy atom. The average Bonchev–Trinajstić information content (AvgIpc) is 2.54. The van der Waals surface area contributed by atoms with Crippen LogP contribution in [0.2, 0.25) is 5.02 Å². The Bertz CT molecular complexity index is 851. The third kappa shape index (κ3) is 3.87. The zero-order valence-electron chi connectivity index (χ0n) is 13.2. The van der Waals surface area contributed by atoms with Crippen LogP contribution in [0.5, 0.6) is 5.75 Å². The molecular formula is C16H17ClN2O4S. The van der Waals surface area contributed by atoms with Crippen molar-refractivity contribution in [2.75, 3.05) is 14.2 Å². The van der Waals surface area contributed by atoms with Crippen molar-refractivity contribution in [2.24, 2.45) is 5.73 Å². The third-order valence-corrected chi connectivity index (χ3v) is 5.54. The minimum absolute atomic E-state index is 0.0330. The minimum atomic E-state index is -3.77. The van der Waals surface area contributed by atoms with Gasteiger partial charge in [0.15, 0.2) is 0 Å². The van der Waals surface area contributed by atoms with Gasteiger partial charge in [0.25, 0.3) is 0 Å². The van der Waals surface area contributed by atoms with Crippen LogP contribution in [0.25, 0.3) is 0 Å². The molecule has 1 amide bonds. The molecule has 0 aliphatic carbocycles. The molecule has 0 spiro atoms. The van der Waals surface area contributed by atoms with E-state index in [9.17, 15) is 13.2 Å². The van der Waals surface area contributed by atoms with Gasteiger partial charge in [0.05, 0.1) is 7.11 Å². The molecule has 2 N–H and O–H groups in total. The van der Waals surface area contributed by atoms with Crippen molar-refractivity contribution in [3.8, 4) is 5.75 Å². The summed E-state index contributed by atoms with van der Waals surface area (Å²) in [5.74, 6) is -0.355. The van der Waals surface area contributed by atoms with Crippen LogP contribution in [0, 0.1) is 0 Å². The number of carbonyl (C=O) groups is 1. The maximum Gasteiger partial charge on any atom is 0.248 e. The van der Waals surface area contributed by atoms with Gasteiger partial charge in [-0.05, 0) is 29.8 Å². The lowest BCUT2D eigenvalue weighted by Gasteiger charge is -2.19. The summed E-state index contributed by atoms with van der Waals surface area (Å²) >= 11 is 5.87. The molecule has 0 saturated heterocycles. The van der Waals surface area contributed by atoms with Crippen LogP contribution in [0.3, 0.4) is 0 Å². The highest BCUT2D eigenvalue weighted by atomic mass is 35.5. The number of methoxy groups -OCH3 is 1. The highest BCUT2D eigenvalue weighted by molar-refractivity contribution is 7.89. The van der Waals surface area contributed by atoms with E-state index in [1.54, 1.807) is 24.3 Å². The quantitative estimate of drug-likeness (QED) is 0.846.